The van der Waals surface area contributed by atoms with E-state index in [1.165, 1.54) is 95.5 Å². The van der Waals surface area contributed by atoms with Crippen molar-refractivity contribution in [3.8, 4) is 0 Å². The van der Waals surface area contributed by atoms with Gasteiger partial charge in [-0.3, -0.25) is 0 Å². The van der Waals surface area contributed by atoms with Crippen LogP contribution in [0.15, 0.2) is 49.1 Å². The number of hydrogen-bond acceptors (Lipinski definition) is 0. The molecule has 2 fully saturated rings. The summed E-state index contributed by atoms with van der Waals surface area (Å²) < 4.78 is 0. The standard InChI is InChI=1S/C31H46/c1-3-5-7-25-10-14-27(15-11-25)29-18-22-31(23-19-29)30-20-16-28(17-21-30)26-12-8-24(6-4-2)9-13-26/h3,8,12,16-17,20-21,24-27,29,31H,1,4-7,9-11,13-15,18-19,22-23H2,2H3. The van der Waals surface area contributed by atoms with E-state index in [1.807, 2.05) is 0 Å². The van der Waals surface area contributed by atoms with Crippen LogP contribution >= 0.6 is 0 Å². The zero-order valence-electron chi connectivity index (χ0n) is 20.1. The first-order valence-electron chi connectivity index (χ1n) is 13.7. The molecule has 0 heteroatoms. The summed E-state index contributed by atoms with van der Waals surface area (Å²) in [5.41, 5.74) is 3.15. The molecule has 0 aromatic heterocycles. The molecule has 31 heavy (non-hydrogen) atoms. The molecule has 1 aromatic rings. The molecule has 0 radical (unpaired) electrons. The maximum absolute atomic E-state index is 3.90. The van der Waals surface area contributed by atoms with E-state index >= 15 is 0 Å². The molecule has 0 aliphatic heterocycles. The number of benzene rings is 1. The van der Waals surface area contributed by atoms with Crippen LogP contribution in [0.1, 0.15) is 120 Å². The Morgan fingerprint density at radius 3 is 1.97 bits per heavy atom. The average molecular weight is 419 g/mol. The number of rotatable bonds is 8. The Labute approximate surface area is 192 Å². The van der Waals surface area contributed by atoms with Gasteiger partial charge in [-0.2, -0.15) is 0 Å². The number of allylic oxidation sites excluding steroid dienone is 3. The van der Waals surface area contributed by atoms with E-state index in [1.54, 1.807) is 5.56 Å². The second kappa shape index (κ2) is 11.5. The van der Waals surface area contributed by atoms with Crippen LogP contribution in [0.2, 0.25) is 0 Å². The van der Waals surface area contributed by atoms with Crippen molar-refractivity contribution in [2.75, 3.05) is 0 Å². The molecule has 0 bridgehead atoms. The molecule has 2 saturated carbocycles. The summed E-state index contributed by atoms with van der Waals surface area (Å²) in [7, 11) is 0. The van der Waals surface area contributed by atoms with Gasteiger partial charge in [0.2, 0.25) is 0 Å². The summed E-state index contributed by atoms with van der Waals surface area (Å²) in [6.45, 7) is 6.21. The molecule has 4 rings (SSSR count). The average Bonchev–Trinajstić information content (AvgIpc) is 2.84. The molecule has 0 N–H and O–H groups in total. The van der Waals surface area contributed by atoms with Crippen LogP contribution in [0.5, 0.6) is 0 Å². The minimum absolute atomic E-state index is 0.652. The van der Waals surface area contributed by atoms with Crippen LogP contribution in [0.4, 0.5) is 0 Å². The lowest BCUT2D eigenvalue weighted by Gasteiger charge is -2.38. The van der Waals surface area contributed by atoms with Crippen LogP contribution in [-0.2, 0) is 0 Å². The summed E-state index contributed by atoms with van der Waals surface area (Å²) >= 11 is 0. The molecule has 2 atom stereocenters. The highest BCUT2D eigenvalue weighted by atomic mass is 14.4. The van der Waals surface area contributed by atoms with Crippen LogP contribution in [0.3, 0.4) is 0 Å². The second-order valence-electron chi connectivity index (χ2n) is 11.0. The van der Waals surface area contributed by atoms with Gasteiger partial charge in [0.1, 0.15) is 0 Å². The Kier molecular flexibility index (Phi) is 8.51. The molecule has 0 saturated heterocycles. The Bertz CT molecular complexity index is 679. The third-order valence-corrected chi connectivity index (χ3v) is 9.07. The van der Waals surface area contributed by atoms with Crippen molar-refractivity contribution in [1.82, 2.24) is 0 Å². The Morgan fingerprint density at radius 2 is 1.39 bits per heavy atom. The minimum Gasteiger partial charge on any atom is -0.103 e. The Morgan fingerprint density at radius 1 is 0.742 bits per heavy atom. The van der Waals surface area contributed by atoms with Gasteiger partial charge in [-0.1, -0.05) is 68.7 Å². The highest BCUT2D eigenvalue weighted by Gasteiger charge is 2.31. The van der Waals surface area contributed by atoms with Gasteiger partial charge < -0.3 is 0 Å². The predicted octanol–water partition coefficient (Wildman–Crippen LogP) is 9.58. The van der Waals surface area contributed by atoms with E-state index in [0.29, 0.717) is 5.92 Å². The molecule has 0 heterocycles. The van der Waals surface area contributed by atoms with E-state index in [-0.39, 0.29) is 0 Å². The Balaban J connectivity index is 1.23. The number of hydrogen-bond donors (Lipinski definition) is 0. The molecular weight excluding hydrogens is 372 g/mol. The first-order chi connectivity index (χ1) is 15.3. The summed E-state index contributed by atoms with van der Waals surface area (Å²) in [5.74, 6) is 5.32. The highest BCUT2D eigenvalue weighted by Crippen LogP contribution is 2.44. The first kappa shape index (κ1) is 22.9. The highest BCUT2D eigenvalue weighted by molar-refractivity contribution is 5.31. The summed E-state index contributed by atoms with van der Waals surface area (Å²) in [4.78, 5) is 0. The smallest absolute Gasteiger partial charge is 0.00182 e. The lowest BCUT2D eigenvalue weighted by atomic mass is 9.68. The predicted molar refractivity (Wildman–Crippen MR) is 136 cm³/mol. The van der Waals surface area contributed by atoms with E-state index in [4.69, 9.17) is 0 Å². The molecule has 2 unspecified atom stereocenters. The lowest BCUT2D eigenvalue weighted by Crippen LogP contribution is -2.25. The van der Waals surface area contributed by atoms with Crippen molar-refractivity contribution in [1.29, 1.82) is 0 Å². The molecule has 0 nitrogen and oxygen atoms in total. The fourth-order valence-corrected chi connectivity index (χ4v) is 7.01. The van der Waals surface area contributed by atoms with Gasteiger partial charge in [-0.05, 0) is 111 Å². The monoisotopic (exact) mass is 418 g/mol. The van der Waals surface area contributed by atoms with Gasteiger partial charge in [-0.15, -0.1) is 6.58 Å². The third kappa shape index (κ3) is 6.15. The fraction of sp³-hybridized carbons (Fsp3) is 0.677. The van der Waals surface area contributed by atoms with Crippen molar-refractivity contribution in [2.24, 2.45) is 23.7 Å². The maximum Gasteiger partial charge on any atom is 0.00182 e. The molecule has 0 amide bonds. The van der Waals surface area contributed by atoms with Crippen molar-refractivity contribution in [3.63, 3.8) is 0 Å². The van der Waals surface area contributed by atoms with Crippen LogP contribution in [0, 0.1) is 23.7 Å². The largest absolute Gasteiger partial charge is 0.103 e. The van der Waals surface area contributed by atoms with Crippen LogP contribution in [-0.4, -0.2) is 0 Å². The van der Waals surface area contributed by atoms with E-state index < -0.39 is 0 Å². The molecule has 3 aliphatic rings. The topological polar surface area (TPSA) is 0 Å². The molecule has 1 aromatic carbocycles. The van der Waals surface area contributed by atoms with Gasteiger partial charge in [0, 0.05) is 5.92 Å². The zero-order valence-corrected chi connectivity index (χ0v) is 20.1. The van der Waals surface area contributed by atoms with Crippen LogP contribution in [0.25, 0.3) is 0 Å². The summed E-state index contributed by atoms with van der Waals surface area (Å²) in [6, 6.07) is 9.83. The molecule has 170 valence electrons. The summed E-state index contributed by atoms with van der Waals surface area (Å²) in [5, 5.41) is 0. The van der Waals surface area contributed by atoms with Crippen molar-refractivity contribution in [2.45, 2.75) is 109 Å². The first-order valence-corrected chi connectivity index (χ1v) is 13.7. The zero-order chi connectivity index (χ0) is 21.5. The van der Waals surface area contributed by atoms with Crippen LogP contribution < -0.4 is 0 Å². The molecule has 3 aliphatic carbocycles. The van der Waals surface area contributed by atoms with E-state index in [9.17, 15) is 0 Å². The van der Waals surface area contributed by atoms with Gasteiger partial charge in [0.15, 0.2) is 0 Å². The van der Waals surface area contributed by atoms with Crippen molar-refractivity contribution >= 4 is 0 Å². The fourth-order valence-electron chi connectivity index (χ4n) is 7.01. The maximum atomic E-state index is 3.90. The lowest BCUT2D eigenvalue weighted by molar-refractivity contribution is 0.157. The second-order valence-corrected chi connectivity index (χ2v) is 11.0. The quantitative estimate of drug-likeness (QED) is 0.369. The van der Waals surface area contributed by atoms with Gasteiger partial charge in [0.05, 0.1) is 0 Å². The van der Waals surface area contributed by atoms with Crippen molar-refractivity contribution < 1.29 is 0 Å². The van der Waals surface area contributed by atoms with E-state index in [0.717, 1.165) is 29.6 Å². The van der Waals surface area contributed by atoms with Gasteiger partial charge in [-0.25, -0.2) is 0 Å². The third-order valence-electron chi connectivity index (χ3n) is 9.07. The summed E-state index contributed by atoms with van der Waals surface area (Å²) in [6.07, 6.45) is 26.8. The van der Waals surface area contributed by atoms with Gasteiger partial charge in [0.25, 0.3) is 0 Å². The minimum atomic E-state index is 0.652. The van der Waals surface area contributed by atoms with Crippen molar-refractivity contribution in [3.05, 3.63) is 60.2 Å². The Hall–Kier alpha value is -1.30. The molecule has 0 spiro atoms. The SMILES string of the molecule is C=CCCC1CCC(C2CCC(c3ccc(C4C=CC(CCC)CC4)cc3)CC2)CC1. The molecular formula is C31H46. The van der Waals surface area contributed by atoms with Gasteiger partial charge >= 0.3 is 0 Å². The van der Waals surface area contributed by atoms with E-state index in [2.05, 4.69) is 56.0 Å². The normalized spacial score (nSPS) is 33.8.